The summed E-state index contributed by atoms with van der Waals surface area (Å²) in [6.07, 6.45) is 2.15. The molecule has 2 aromatic heterocycles. The second-order valence-corrected chi connectivity index (χ2v) is 8.78. The fourth-order valence-corrected chi connectivity index (χ4v) is 4.01. The van der Waals surface area contributed by atoms with Gasteiger partial charge in [0.1, 0.15) is 30.1 Å². The van der Waals surface area contributed by atoms with Gasteiger partial charge in [-0.15, -0.1) is 0 Å². The van der Waals surface area contributed by atoms with Gasteiger partial charge in [0.2, 0.25) is 0 Å². The Morgan fingerprint density at radius 2 is 2.11 bits per heavy atom. The lowest BCUT2D eigenvalue weighted by molar-refractivity contribution is 0.108. The third-order valence-corrected chi connectivity index (χ3v) is 5.85. The molecule has 1 aliphatic heterocycles. The van der Waals surface area contributed by atoms with Gasteiger partial charge in [-0.1, -0.05) is 18.2 Å². The molecule has 3 N–H and O–H groups in total. The molecule has 1 unspecified atom stereocenters. The number of aliphatic hydroxyl groups is 1. The maximum Gasteiger partial charge on any atom is 0.164 e. The number of aliphatic hydroxyl groups excluding tert-OH is 1. The zero-order valence-corrected chi connectivity index (χ0v) is 20.6. The topological polar surface area (TPSA) is 105 Å². The van der Waals surface area contributed by atoms with Crippen molar-refractivity contribution in [2.45, 2.75) is 32.0 Å². The first-order valence-corrected chi connectivity index (χ1v) is 11.9. The average Bonchev–Trinajstić information content (AvgIpc) is 3.38. The Balaban J connectivity index is 1.64. The van der Waals surface area contributed by atoms with Crippen molar-refractivity contribution in [3.8, 4) is 17.1 Å². The number of aromatic nitrogens is 3. The van der Waals surface area contributed by atoms with Gasteiger partial charge in [-0.3, -0.25) is 4.98 Å². The first-order chi connectivity index (χ1) is 17.0. The zero-order valence-electron chi connectivity index (χ0n) is 20.6. The van der Waals surface area contributed by atoms with Crippen LogP contribution in [0.3, 0.4) is 0 Å². The van der Waals surface area contributed by atoms with Gasteiger partial charge in [0, 0.05) is 37.5 Å². The molecule has 1 aromatic carbocycles. The third kappa shape index (κ3) is 6.66. The van der Waals surface area contributed by atoms with E-state index in [1.807, 2.05) is 56.4 Å². The molecule has 3 aromatic rings. The van der Waals surface area contributed by atoms with Crippen molar-refractivity contribution >= 4 is 11.6 Å². The SMILES string of the molecule is CNCC(O)COc1cccc(-c2nc(N[C@@H]3CCOC3)c(C)c(N(C)Cc3ccccn3)n2)c1. The summed E-state index contributed by atoms with van der Waals surface area (Å²) in [6.45, 7) is 4.74. The van der Waals surface area contributed by atoms with Crippen LogP contribution in [0.25, 0.3) is 11.4 Å². The van der Waals surface area contributed by atoms with Crippen molar-refractivity contribution < 1.29 is 14.6 Å². The van der Waals surface area contributed by atoms with Gasteiger partial charge in [-0.25, -0.2) is 9.97 Å². The molecule has 0 radical (unpaired) electrons. The summed E-state index contributed by atoms with van der Waals surface area (Å²) in [7, 11) is 3.81. The van der Waals surface area contributed by atoms with Crippen LogP contribution in [0.1, 0.15) is 17.7 Å². The number of likely N-dealkylation sites (N-methyl/N-ethyl adjacent to an activating group) is 1. The Morgan fingerprint density at radius 3 is 2.86 bits per heavy atom. The molecule has 0 saturated carbocycles. The standard InChI is InChI=1S/C26H34N6O3/c1-18-24(29-21-10-12-34-16-21)30-25(31-26(18)32(3)15-20-8-4-5-11-28-20)19-7-6-9-23(13-19)35-17-22(33)14-27-2/h4-9,11,13,21-22,27,33H,10,12,14-17H2,1-3H3,(H,29,30,31)/t21-,22?/m1/s1. The molecule has 4 rings (SSSR count). The Morgan fingerprint density at radius 1 is 1.23 bits per heavy atom. The fourth-order valence-electron chi connectivity index (χ4n) is 4.01. The highest BCUT2D eigenvalue weighted by atomic mass is 16.5. The number of benzene rings is 1. The van der Waals surface area contributed by atoms with Gasteiger partial charge in [0.05, 0.1) is 24.9 Å². The highest BCUT2D eigenvalue weighted by Crippen LogP contribution is 2.30. The molecule has 9 nitrogen and oxygen atoms in total. The summed E-state index contributed by atoms with van der Waals surface area (Å²) in [5.41, 5.74) is 2.77. The largest absolute Gasteiger partial charge is 0.491 e. The second-order valence-electron chi connectivity index (χ2n) is 8.78. The van der Waals surface area contributed by atoms with Crippen molar-refractivity contribution in [2.75, 3.05) is 50.7 Å². The molecule has 2 atom stereocenters. The molecule has 3 heterocycles. The van der Waals surface area contributed by atoms with E-state index in [4.69, 9.17) is 19.4 Å². The number of hydrogen-bond donors (Lipinski definition) is 3. The highest BCUT2D eigenvalue weighted by molar-refractivity contribution is 5.67. The minimum Gasteiger partial charge on any atom is -0.491 e. The van der Waals surface area contributed by atoms with E-state index in [1.165, 1.54) is 0 Å². The molecule has 1 fully saturated rings. The Bertz CT molecular complexity index is 1090. The minimum absolute atomic E-state index is 0.200. The van der Waals surface area contributed by atoms with Crippen LogP contribution in [0.5, 0.6) is 5.75 Å². The van der Waals surface area contributed by atoms with E-state index < -0.39 is 6.10 Å². The maximum atomic E-state index is 9.98. The van der Waals surface area contributed by atoms with Crippen molar-refractivity contribution in [1.29, 1.82) is 0 Å². The normalized spacial score (nSPS) is 16.2. The van der Waals surface area contributed by atoms with Crippen molar-refractivity contribution in [2.24, 2.45) is 0 Å². The second kappa shape index (κ2) is 11.9. The van der Waals surface area contributed by atoms with Gasteiger partial charge in [0.15, 0.2) is 5.82 Å². The van der Waals surface area contributed by atoms with E-state index in [2.05, 4.69) is 20.5 Å². The molecule has 186 valence electrons. The fraction of sp³-hybridized carbons (Fsp3) is 0.423. The number of rotatable bonds is 11. The molecular formula is C26H34N6O3. The minimum atomic E-state index is -0.587. The summed E-state index contributed by atoms with van der Waals surface area (Å²) >= 11 is 0. The van der Waals surface area contributed by atoms with Gasteiger partial charge in [-0.2, -0.15) is 0 Å². The van der Waals surface area contributed by atoms with Crippen LogP contribution in [-0.4, -0.2) is 72.7 Å². The number of anilines is 2. The zero-order chi connectivity index (χ0) is 24.6. The molecule has 1 aliphatic rings. The third-order valence-electron chi connectivity index (χ3n) is 5.85. The monoisotopic (exact) mass is 478 g/mol. The first kappa shape index (κ1) is 24.8. The number of nitrogens with one attached hydrogen (secondary N) is 2. The van der Waals surface area contributed by atoms with Crippen molar-refractivity contribution in [1.82, 2.24) is 20.3 Å². The van der Waals surface area contributed by atoms with E-state index in [9.17, 15) is 5.11 Å². The van der Waals surface area contributed by atoms with E-state index in [0.29, 0.717) is 31.3 Å². The van der Waals surface area contributed by atoms with Crippen LogP contribution >= 0.6 is 0 Å². The molecule has 0 aliphatic carbocycles. The number of nitrogens with zero attached hydrogens (tertiary/aromatic N) is 4. The molecular weight excluding hydrogens is 444 g/mol. The van der Waals surface area contributed by atoms with E-state index >= 15 is 0 Å². The first-order valence-electron chi connectivity index (χ1n) is 11.9. The smallest absolute Gasteiger partial charge is 0.164 e. The summed E-state index contributed by atoms with van der Waals surface area (Å²) in [4.78, 5) is 16.4. The van der Waals surface area contributed by atoms with E-state index in [1.54, 1.807) is 13.2 Å². The van der Waals surface area contributed by atoms with Crippen molar-refractivity contribution in [3.05, 3.63) is 59.9 Å². The molecule has 35 heavy (non-hydrogen) atoms. The average molecular weight is 479 g/mol. The summed E-state index contributed by atoms with van der Waals surface area (Å²) < 4.78 is 11.4. The number of ether oxygens (including phenoxy) is 2. The molecule has 9 heteroatoms. The van der Waals surface area contributed by atoms with Crippen LogP contribution in [0.4, 0.5) is 11.6 Å². The lowest BCUT2D eigenvalue weighted by Gasteiger charge is -2.23. The van der Waals surface area contributed by atoms with E-state index in [-0.39, 0.29) is 12.6 Å². The maximum absolute atomic E-state index is 9.98. The molecule has 0 bridgehead atoms. The van der Waals surface area contributed by atoms with E-state index in [0.717, 1.165) is 41.5 Å². The van der Waals surface area contributed by atoms with Crippen LogP contribution in [-0.2, 0) is 11.3 Å². The predicted molar refractivity (Wildman–Crippen MR) is 137 cm³/mol. The van der Waals surface area contributed by atoms with Crippen molar-refractivity contribution in [3.63, 3.8) is 0 Å². The molecule has 1 saturated heterocycles. The summed E-state index contributed by atoms with van der Waals surface area (Å²) in [5, 5.41) is 16.5. The Hall–Kier alpha value is -3.27. The number of pyridine rings is 1. The van der Waals surface area contributed by atoms with Crippen LogP contribution in [0.2, 0.25) is 0 Å². The Kier molecular flexibility index (Phi) is 8.46. The lowest BCUT2D eigenvalue weighted by Crippen LogP contribution is -2.29. The van der Waals surface area contributed by atoms with Crippen LogP contribution in [0, 0.1) is 6.92 Å². The van der Waals surface area contributed by atoms with Gasteiger partial charge in [0.25, 0.3) is 0 Å². The predicted octanol–water partition coefficient (Wildman–Crippen LogP) is 2.64. The summed E-state index contributed by atoms with van der Waals surface area (Å²) in [6, 6.07) is 13.8. The van der Waals surface area contributed by atoms with Gasteiger partial charge < -0.3 is 30.1 Å². The number of hydrogen-bond acceptors (Lipinski definition) is 9. The lowest BCUT2D eigenvalue weighted by atomic mass is 10.1. The van der Waals surface area contributed by atoms with Crippen LogP contribution in [0.15, 0.2) is 48.7 Å². The highest BCUT2D eigenvalue weighted by Gasteiger charge is 2.21. The molecule has 0 amide bonds. The Labute approximate surface area is 206 Å². The van der Waals surface area contributed by atoms with Crippen LogP contribution < -0.4 is 20.3 Å². The quantitative estimate of drug-likeness (QED) is 0.384. The summed E-state index contributed by atoms with van der Waals surface area (Å²) in [5.74, 6) is 2.88. The molecule has 0 spiro atoms. The van der Waals surface area contributed by atoms with Gasteiger partial charge in [-0.05, 0) is 44.7 Å². The van der Waals surface area contributed by atoms with Gasteiger partial charge >= 0.3 is 0 Å².